The van der Waals surface area contributed by atoms with Gasteiger partial charge in [0.25, 0.3) is 11.7 Å². The molecule has 5 heteroatoms. The Morgan fingerprint density at radius 2 is 1.66 bits per heavy atom. The number of fused-ring (bicyclic) bond motifs is 1. The third kappa shape index (κ3) is 4.06. The Morgan fingerprint density at radius 3 is 2.43 bits per heavy atom. The smallest absolute Gasteiger partial charge is 0.300 e. The number of hydrogen-bond acceptors (Lipinski definition) is 4. The van der Waals surface area contributed by atoms with Crippen LogP contribution in [0.3, 0.4) is 0 Å². The maximum atomic E-state index is 13.4. The number of aliphatic hydroxyl groups excluding tert-OH is 1. The van der Waals surface area contributed by atoms with E-state index < -0.39 is 17.7 Å². The van der Waals surface area contributed by atoms with Crippen molar-refractivity contribution in [2.24, 2.45) is 0 Å². The van der Waals surface area contributed by atoms with E-state index in [-0.39, 0.29) is 11.3 Å². The lowest BCUT2D eigenvalue weighted by atomic mass is 9.94. The number of hydrogen-bond donors (Lipinski definition) is 1. The number of carbonyl (C=O) groups is 2. The number of amides is 1. The molecule has 1 atom stereocenters. The summed E-state index contributed by atoms with van der Waals surface area (Å²) in [6.07, 6.45) is 0. The van der Waals surface area contributed by atoms with Crippen LogP contribution in [0.2, 0.25) is 0 Å². The molecule has 1 heterocycles. The maximum Gasteiger partial charge on any atom is 0.300 e. The summed E-state index contributed by atoms with van der Waals surface area (Å²) in [4.78, 5) is 28.2. The van der Waals surface area contributed by atoms with Crippen LogP contribution in [-0.2, 0) is 9.59 Å². The Kier molecular flexibility index (Phi) is 5.83. The highest BCUT2D eigenvalue weighted by molar-refractivity contribution is 6.51. The van der Waals surface area contributed by atoms with Gasteiger partial charge in [0.15, 0.2) is 0 Å². The molecule has 5 nitrogen and oxygen atoms in total. The minimum Gasteiger partial charge on any atom is -0.507 e. The molecule has 4 aromatic carbocycles. The number of carbonyl (C=O) groups excluding carboxylic acids is 2. The highest BCUT2D eigenvalue weighted by Crippen LogP contribution is 2.43. The van der Waals surface area contributed by atoms with Crippen LogP contribution in [0.1, 0.15) is 29.7 Å². The van der Waals surface area contributed by atoms with Gasteiger partial charge in [0.05, 0.1) is 18.2 Å². The standard InChI is InChI=1S/C30H25NO4/c1-3-35-25-13-7-11-22(18-25)27-26(28(32)23-15-14-20-9-4-5-10-21(20)17-23)29(33)30(34)31(27)24-12-6-8-19(2)16-24/h4-18,27,32H,3H2,1-2H3/b28-26-. The number of ether oxygens (including phenoxy) is 1. The first-order chi connectivity index (χ1) is 17.0. The summed E-state index contributed by atoms with van der Waals surface area (Å²) in [7, 11) is 0. The first-order valence-electron chi connectivity index (χ1n) is 11.6. The normalized spacial score (nSPS) is 17.2. The predicted molar refractivity (Wildman–Crippen MR) is 138 cm³/mol. The van der Waals surface area contributed by atoms with Gasteiger partial charge >= 0.3 is 0 Å². The second-order valence-electron chi connectivity index (χ2n) is 8.58. The molecule has 0 spiro atoms. The molecule has 1 aliphatic heterocycles. The van der Waals surface area contributed by atoms with Gasteiger partial charge in [-0.2, -0.15) is 0 Å². The predicted octanol–water partition coefficient (Wildman–Crippen LogP) is 6.17. The van der Waals surface area contributed by atoms with Crippen molar-refractivity contribution in [3.8, 4) is 5.75 Å². The van der Waals surface area contributed by atoms with E-state index in [4.69, 9.17) is 4.74 Å². The van der Waals surface area contributed by atoms with Crippen LogP contribution in [0.4, 0.5) is 5.69 Å². The van der Waals surface area contributed by atoms with Crippen LogP contribution in [-0.4, -0.2) is 23.4 Å². The summed E-state index contributed by atoms with van der Waals surface area (Å²) in [6, 6.07) is 27.2. The van der Waals surface area contributed by atoms with Crippen molar-refractivity contribution in [3.05, 3.63) is 113 Å². The summed E-state index contributed by atoms with van der Waals surface area (Å²) >= 11 is 0. The van der Waals surface area contributed by atoms with E-state index in [0.29, 0.717) is 29.2 Å². The van der Waals surface area contributed by atoms with Crippen LogP contribution >= 0.6 is 0 Å². The molecule has 1 saturated heterocycles. The fourth-order valence-corrected chi connectivity index (χ4v) is 4.63. The lowest BCUT2D eigenvalue weighted by Crippen LogP contribution is -2.29. The number of rotatable bonds is 5. The van der Waals surface area contributed by atoms with Crippen LogP contribution in [0, 0.1) is 6.92 Å². The Bertz CT molecular complexity index is 1490. The quantitative estimate of drug-likeness (QED) is 0.218. The maximum absolute atomic E-state index is 13.4. The van der Waals surface area contributed by atoms with E-state index in [1.54, 1.807) is 12.1 Å². The Hall–Kier alpha value is -4.38. The highest BCUT2D eigenvalue weighted by Gasteiger charge is 2.47. The lowest BCUT2D eigenvalue weighted by Gasteiger charge is -2.26. The van der Waals surface area contributed by atoms with Crippen molar-refractivity contribution in [2.75, 3.05) is 11.5 Å². The van der Waals surface area contributed by atoms with Crippen LogP contribution < -0.4 is 9.64 Å². The fraction of sp³-hybridized carbons (Fsp3) is 0.133. The summed E-state index contributed by atoms with van der Waals surface area (Å²) in [5.41, 5.74) is 2.77. The van der Waals surface area contributed by atoms with Gasteiger partial charge in [-0.1, -0.05) is 60.7 Å². The number of Topliss-reactive ketones (excluding diaryl/α,β-unsaturated/α-hetero) is 1. The molecule has 1 unspecified atom stereocenters. The van der Waals surface area contributed by atoms with E-state index in [1.807, 2.05) is 92.7 Å². The molecule has 0 aliphatic carbocycles. The van der Waals surface area contributed by atoms with E-state index in [2.05, 4.69) is 0 Å². The van der Waals surface area contributed by atoms with Gasteiger partial charge in [0.1, 0.15) is 11.5 Å². The molecule has 1 aliphatic rings. The number of anilines is 1. The second kappa shape index (κ2) is 9.11. The Morgan fingerprint density at radius 1 is 0.886 bits per heavy atom. The molecule has 174 valence electrons. The number of benzene rings is 4. The molecule has 1 amide bonds. The molecule has 0 radical (unpaired) electrons. The van der Waals surface area contributed by atoms with Gasteiger partial charge in [-0.05, 0) is 66.1 Å². The minimum atomic E-state index is -0.802. The van der Waals surface area contributed by atoms with Gasteiger partial charge in [-0.15, -0.1) is 0 Å². The topological polar surface area (TPSA) is 66.8 Å². The molecule has 1 N–H and O–H groups in total. The first-order valence-corrected chi connectivity index (χ1v) is 11.6. The first kappa shape index (κ1) is 22.4. The van der Waals surface area contributed by atoms with E-state index in [9.17, 15) is 14.7 Å². The third-order valence-corrected chi connectivity index (χ3v) is 6.23. The molecule has 35 heavy (non-hydrogen) atoms. The molecular weight excluding hydrogens is 438 g/mol. The molecule has 5 rings (SSSR count). The number of aliphatic hydroxyl groups is 1. The number of nitrogens with zero attached hydrogens (tertiary/aromatic N) is 1. The zero-order chi connectivity index (χ0) is 24.5. The summed E-state index contributed by atoms with van der Waals surface area (Å²) < 4.78 is 5.68. The minimum absolute atomic E-state index is 0.0560. The second-order valence-corrected chi connectivity index (χ2v) is 8.58. The largest absolute Gasteiger partial charge is 0.507 e. The fourth-order valence-electron chi connectivity index (χ4n) is 4.63. The Balaban J connectivity index is 1.73. The monoisotopic (exact) mass is 463 g/mol. The van der Waals surface area contributed by atoms with Gasteiger partial charge < -0.3 is 9.84 Å². The van der Waals surface area contributed by atoms with Crippen LogP contribution in [0.25, 0.3) is 16.5 Å². The summed E-state index contributed by atoms with van der Waals surface area (Å²) in [5.74, 6) is -0.963. The van der Waals surface area contributed by atoms with E-state index in [0.717, 1.165) is 16.3 Å². The molecule has 0 aromatic heterocycles. The van der Waals surface area contributed by atoms with Crippen molar-refractivity contribution in [2.45, 2.75) is 19.9 Å². The van der Waals surface area contributed by atoms with Gasteiger partial charge in [-0.3, -0.25) is 14.5 Å². The van der Waals surface area contributed by atoms with Crippen LogP contribution in [0.5, 0.6) is 5.75 Å². The van der Waals surface area contributed by atoms with E-state index >= 15 is 0 Å². The Labute approximate surface area is 203 Å². The van der Waals surface area contributed by atoms with Gasteiger partial charge in [0, 0.05) is 11.3 Å². The highest BCUT2D eigenvalue weighted by atomic mass is 16.5. The van der Waals surface area contributed by atoms with Crippen molar-refractivity contribution in [1.82, 2.24) is 0 Å². The SMILES string of the molecule is CCOc1cccc(C2/C(=C(/O)c3ccc4ccccc4c3)C(=O)C(=O)N2c2cccc(C)c2)c1. The van der Waals surface area contributed by atoms with Crippen LogP contribution in [0.15, 0.2) is 96.6 Å². The number of aryl methyl sites for hydroxylation is 1. The van der Waals surface area contributed by atoms with Crippen molar-refractivity contribution in [3.63, 3.8) is 0 Å². The molecule has 0 saturated carbocycles. The van der Waals surface area contributed by atoms with E-state index in [1.165, 1.54) is 4.90 Å². The van der Waals surface area contributed by atoms with Crippen molar-refractivity contribution in [1.29, 1.82) is 0 Å². The average Bonchev–Trinajstić information content (AvgIpc) is 3.14. The molecule has 1 fully saturated rings. The van der Waals surface area contributed by atoms with Gasteiger partial charge in [-0.25, -0.2) is 0 Å². The van der Waals surface area contributed by atoms with Crippen molar-refractivity contribution >= 4 is 33.9 Å². The third-order valence-electron chi connectivity index (χ3n) is 6.23. The molecule has 4 aromatic rings. The summed E-state index contributed by atoms with van der Waals surface area (Å²) in [5, 5.41) is 13.4. The average molecular weight is 464 g/mol. The number of ketones is 1. The zero-order valence-corrected chi connectivity index (χ0v) is 19.6. The molecular formula is C30H25NO4. The zero-order valence-electron chi connectivity index (χ0n) is 19.6. The molecule has 0 bridgehead atoms. The summed E-state index contributed by atoms with van der Waals surface area (Å²) in [6.45, 7) is 4.31. The van der Waals surface area contributed by atoms with Gasteiger partial charge in [0.2, 0.25) is 0 Å². The van der Waals surface area contributed by atoms with Crippen molar-refractivity contribution < 1.29 is 19.4 Å². The lowest BCUT2D eigenvalue weighted by molar-refractivity contribution is -0.132.